The average molecular weight is 428 g/mol. The largest absolute Gasteiger partial charge is 0.337 e. The molecule has 144 valence electrons. The Kier molecular flexibility index (Phi) is 7.68. The van der Waals surface area contributed by atoms with Crippen LogP contribution in [-0.4, -0.2) is 42.8 Å². The molecule has 2 aromatic rings. The number of amides is 1. The number of likely N-dealkylation sites (N-methyl/N-ethyl adjacent to an activating group) is 1. The van der Waals surface area contributed by atoms with E-state index in [1.165, 1.54) is 6.07 Å². The van der Waals surface area contributed by atoms with Gasteiger partial charge in [0.25, 0.3) is 5.91 Å². The first-order valence-electron chi connectivity index (χ1n) is 8.56. The van der Waals surface area contributed by atoms with Gasteiger partial charge >= 0.3 is 0 Å². The second-order valence-corrected chi connectivity index (χ2v) is 7.20. The Morgan fingerprint density at radius 2 is 1.78 bits per heavy atom. The van der Waals surface area contributed by atoms with Crippen LogP contribution in [0.1, 0.15) is 39.1 Å². The normalized spacial score (nSPS) is 16.6. The van der Waals surface area contributed by atoms with E-state index in [2.05, 4.69) is 5.32 Å². The van der Waals surface area contributed by atoms with Crippen LogP contribution in [0.15, 0.2) is 42.5 Å². The lowest BCUT2D eigenvalue weighted by molar-refractivity contribution is 0.0694. The molecule has 1 unspecified atom stereocenters. The number of rotatable bonds is 4. The number of likely N-dealkylation sites (tertiary alicyclic amines) is 1. The summed E-state index contributed by atoms with van der Waals surface area (Å²) >= 11 is 12.0. The lowest BCUT2D eigenvalue weighted by atomic mass is 9.96. The smallest absolute Gasteiger partial charge is 0.254 e. The summed E-state index contributed by atoms with van der Waals surface area (Å²) < 4.78 is 0. The highest BCUT2D eigenvalue weighted by molar-refractivity contribution is 6.42. The minimum atomic E-state index is -0.241. The van der Waals surface area contributed by atoms with Crippen molar-refractivity contribution in [2.75, 3.05) is 20.1 Å². The van der Waals surface area contributed by atoms with Crippen molar-refractivity contribution in [1.29, 1.82) is 0 Å². The first-order chi connectivity index (χ1) is 12.5. The van der Waals surface area contributed by atoms with Gasteiger partial charge in [-0.3, -0.25) is 9.59 Å². The molecule has 4 nitrogen and oxygen atoms in total. The van der Waals surface area contributed by atoms with Crippen molar-refractivity contribution in [3.63, 3.8) is 0 Å². The molecule has 2 aromatic carbocycles. The molecule has 1 aliphatic rings. The van der Waals surface area contributed by atoms with Gasteiger partial charge in [-0.2, -0.15) is 0 Å². The van der Waals surface area contributed by atoms with Crippen LogP contribution >= 0.6 is 35.6 Å². The third-order valence-electron chi connectivity index (χ3n) is 4.70. The summed E-state index contributed by atoms with van der Waals surface area (Å²) in [5, 5.41) is 3.93. The molecule has 0 aromatic heterocycles. The number of ketones is 1. The van der Waals surface area contributed by atoms with Gasteiger partial charge in [-0.1, -0.05) is 41.4 Å². The first kappa shape index (κ1) is 21.7. The van der Waals surface area contributed by atoms with E-state index in [9.17, 15) is 9.59 Å². The van der Waals surface area contributed by atoms with Crippen LogP contribution in [0.25, 0.3) is 0 Å². The highest BCUT2D eigenvalue weighted by atomic mass is 35.5. The highest BCUT2D eigenvalue weighted by Gasteiger charge is 2.26. The Hall–Kier alpha value is -1.59. The maximum absolute atomic E-state index is 13.0. The van der Waals surface area contributed by atoms with E-state index in [0.29, 0.717) is 39.8 Å². The number of carbonyl (C=O) groups excluding carboxylic acids is 2. The fourth-order valence-electron chi connectivity index (χ4n) is 3.23. The van der Waals surface area contributed by atoms with Crippen LogP contribution in [0, 0.1) is 0 Å². The van der Waals surface area contributed by atoms with Crippen molar-refractivity contribution in [3.8, 4) is 0 Å². The average Bonchev–Trinajstić information content (AvgIpc) is 2.69. The molecule has 1 N–H and O–H groups in total. The van der Waals surface area contributed by atoms with Crippen molar-refractivity contribution in [1.82, 2.24) is 10.2 Å². The van der Waals surface area contributed by atoms with Gasteiger partial charge in [0.1, 0.15) is 0 Å². The van der Waals surface area contributed by atoms with Gasteiger partial charge in [0.15, 0.2) is 5.78 Å². The van der Waals surface area contributed by atoms with Gasteiger partial charge in [-0.05, 0) is 44.2 Å². The van der Waals surface area contributed by atoms with Crippen LogP contribution < -0.4 is 5.32 Å². The fraction of sp³-hybridized carbons (Fsp3) is 0.300. The lowest BCUT2D eigenvalue weighted by Gasteiger charge is -2.33. The molecule has 1 heterocycles. The molecule has 1 atom stereocenters. The monoisotopic (exact) mass is 426 g/mol. The Bertz CT molecular complexity index is 842. The molecular weight excluding hydrogens is 407 g/mol. The van der Waals surface area contributed by atoms with E-state index in [1.807, 2.05) is 11.9 Å². The predicted molar refractivity (Wildman–Crippen MR) is 112 cm³/mol. The van der Waals surface area contributed by atoms with E-state index in [1.54, 1.807) is 36.4 Å². The summed E-state index contributed by atoms with van der Waals surface area (Å²) in [5.41, 5.74) is 1.20. The summed E-state index contributed by atoms with van der Waals surface area (Å²) in [4.78, 5) is 27.8. The Morgan fingerprint density at radius 1 is 1.07 bits per heavy atom. The molecule has 1 fully saturated rings. The van der Waals surface area contributed by atoms with Crippen molar-refractivity contribution >= 4 is 47.3 Å². The first-order valence-corrected chi connectivity index (χ1v) is 9.32. The minimum Gasteiger partial charge on any atom is -0.337 e. The van der Waals surface area contributed by atoms with Gasteiger partial charge in [0, 0.05) is 30.3 Å². The molecule has 0 bridgehead atoms. The number of hydrogen-bond acceptors (Lipinski definition) is 3. The molecule has 27 heavy (non-hydrogen) atoms. The lowest BCUT2D eigenvalue weighted by Crippen LogP contribution is -2.47. The zero-order valence-electron chi connectivity index (χ0n) is 14.9. The Labute approximate surface area is 175 Å². The quantitative estimate of drug-likeness (QED) is 0.732. The summed E-state index contributed by atoms with van der Waals surface area (Å²) in [7, 11) is 1.90. The van der Waals surface area contributed by atoms with E-state index in [0.717, 1.165) is 12.8 Å². The molecule has 1 aliphatic heterocycles. The Balaban J connectivity index is 0.00000261. The maximum atomic E-state index is 13.0. The van der Waals surface area contributed by atoms with E-state index in [-0.39, 0.29) is 30.1 Å². The number of halogens is 3. The number of benzene rings is 2. The van der Waals surface area contributed by atoms with Crippen LogP contribution in [0.5, 0.6) is 0 Å². The molecule has 7 heteroatoms. The number of nitrogens with zero attached hydrogens (tertiary/aromatic N) is 1. The van der Waals surface area contributed by atoms with Crippen molar-refractivity contribution < 1.29 is 9.59 Å². The van der Waals surface area contributed by atoms with Gasteiger partial charge in [0.2, 0.25) is 0 Å². The molecule has 1 saturated heterocycles. The molecule has 0 aliphatic carbocycles. The summed E-state index contributed by atoms with van der Waals surface area (Å²) in [5.74, 6) is -0.358. The second kappa shape index (κ2) is 9.56. The zero-order valence-corrected chi connectivity index (χ0v) is 17.2. The predicted octanol–water partition coefficient (Wildman–Crippen LogP) is 4.47. The van der Waals surface area contributed by atoms with Gasteiger partial charge in [-0.15, -0.1) is 12.4 Å². The summed E-state index contributed by atoms with van der Waals surface area (Å²) in [6, 6.07) is 11.9. The molecular formula is C20H21Cl3N2O2. The number of piperidine rings is 1. The molecule has 0 radical (unpaired) electrons. The maximum Gasteiger partial charge on any atom is 0.254 e. The third-order valence-corrected chi connectivity index (χ3v) is 5.44. The molecule has 1 amide bonds. The standard InChI is InChI=1S/C20H20Cl2N2O2.ClH/c1-23-14-5-4-10-24(12-14)20(26)16-7-3-2-6-15(16)19(25)13-8-9-17(21)18(22)11-13;/h2-3,6-9,11,14,23H,4-5,10,12H2,1H3;1H. The topological polar surface area (TPSA) is 49.4 Å². The van der Waals surface area contributed by atoms with Gasteiger partial charge in [-0.25, -0.2) is 0 Å². The summed E-state index contributed by atoms with van der Waals surface area (Å²) in [6.07, 6.45) is 1.99. The van der Waals surface area contributed by atoms with E-state index < -0.39 is 0 Å². The SMILES string of the molecule is CNC1CCCN(C(=O)c2ccccc2C(=O)c2ccc(Cl)c(Cl)c2)C1.Cl. The van der Waals surface area contributed by atoms with E-state index in [4.69, 9.17) is 23.2 Å². The van der Waals surface area contributed by atoms with E-state index >= 15 is 0 Å². The molecule has 3 rings (SSSR count). The van der Waals surface area contributed by atoms with Crippen LogP contribution in [0.3, 0.4) is 0 Å². The number of carbonyl (C=O) groups is 2. The van der Waals surface area contributed by atoms with Crippen LogP contribution in [0.2, 0.25) is 10.0 Å². The van der Waals surface area contributed by atoms with Crippen molar-refractivity contribution in [2.45, 2.75) is 18.9 Å². The third kappa shape index (κ3) is 4.82. The van der Waals surface area contributed by atoms with Crippen molar-refractivity contribution in [3.05, 3.63) is 69.2 Å². The zero-order chi connectivity index (χ0) is 18.7. The highest BCUT2D eigenvalue weighted by Crippen LogP contribution is 2.25. The van der Waals surface area contributed by atoms with Crippen LogP contribution in [-0.2, 0) is 0 Å². The Morgan fingerprint density at radius 3 is 2.44 bits per heavy atom. The van der Waals surface area contributed by atoms with Crippen LogP contribution in [0.4, 0.5) is 0 Å². The minimum absolute atomic E-state index is 0. The molecule has 0 spiro atoms. The molecule has 0 saturated carbocycles. The summed E-state index contributed by atoms with van der Waals surface area (Å²) in [6.45, 7) is 1.34. The number of nitrogens with one attached hydrogen (secondary N) is 1. The fourth-order valence-corrected chi connectivity index (χ4v) is 3.53. The van der Waals surface area contributed by atoms with Gasteiger partial charge < -0.3 is 10.2 Å². The second-order valence-electron chi connectivity index (χ2n) is 6.38. The van der Waals surface area contributed by atoms with Gasteiger partial charge in [0.05, 0.1) is 15.6 Å². The van der Waals surface area contributed by atoms with Crippen molar-refractivity contribution in [2.24, 2.45) is 0 Å². The number of hydrogen-bond donors (Lipinski definition) is 1.